The molecule has 0 heterocycles. The molecule has 2 rings (SSSR count). The molecule has 20 heavy (non-hydrogen) atoms. The Morgan fingerprint density at radius 1 is 1.30 bits per heavy atom. The Morgan fingerprint density at radius 2 is 2.05 bits per heavy atom. The molecule has 0 atom stereocenters. The number of hydrogen-bond donors (Lipinski definition) is 1. The van der Waals surface area contributed by atoms with Crippen molar-refractivity contribution in [3.63, 3.8) is 0 Å². The number of ether oxygens (including phenoxy) is 1. The van der Waals surface area contributed by atoms with Gasteiger partial charge in [0.25, 0.3) is 5.69 Å². The Bertz CT molecular complexity index is 664. The van der Waals surface area contributed by atoms with Crippen LogP contribution in [0.15, 0.2) is 36.4 Å². The summed E-state index contributed by atoms with van der Waals surface area (Å²) < 4.78 is 18.7. The molecule has 0 aliphatic carbocycles. The zero-order valence-corrected chi connectivity index (χ0v) is 10.9. The van der Waals surface area contributed by atoms with E-state index >= 15 is 0 Å². The Labute approximate surface area is 118 Å². The van der Waals surface area contributed by atoms with Gasteiger partial charge in [-0.05, 0) is 23.8 Å². The largest absolute Gasteiger partial charge is 0.455 e. The lowest BCUT2D eigenvalue weighted by Crippen LogP contribution is -1.98. The van der Waals surface area contributed by atoms with E-state index in [1.807, 2.05) is 0 Å². The van der Waals surface area contributed by atoms with Crippen molar-refractivity contribution in [3.8, 4) is 11.5 Å². The number of nitro groups is 1. The van der Waals surface area contributed by atoms with Crippen LogP contribution in [0.1, 0.15) is 5.56 Å². The molecule has 7 heteroatoms. The van der Waals surface area contributed by atoms with Crippen LogP contribution in [-0.2, 0) is 6.54 Å². The first-order valence-corrected chi connectivity index (χ1v) is 5.98. The third kappa shape index (κ3) is 3.23. The summed E-state index contributed by atoms with van der Waals surface area (Å²) in [5, 5.41) is 10.9. The molecule has 0 fully saturated rings. The zero-order valence-electron chi connectivity index (χ0n) is 10.2. The Hall–Kier alpha value is -2.18. The summed E-state index contributed by atoms with van der Waals surface area (Å²) in [5.74, 6) is -0.258. The fraction of sp³-hybridized carbons (Fsp3) is 0.0769. The predicted molar refractivity (Wildman–Crippen MR) is 72.5 cm³/mol. The van der Waals surface area contributed by atoms with Gasteiger partial charge >= 0.3 is 0 Å². The van der Waals surface area contributed by atoms with Crippen LogP contribution in [0.5, 0.6) is 11.5 Å². The fourth-order valence-corrected chi connectivity index (χ4v) is 1.76. The van der Waals surface area contributed by atoms with Crippen LogP contribution >= 0.6 is 11.6 Å². The zero-order chi connectivity index (χ0) is 14.7. The normalized spacial score (nSPS) is 10.3. The van der Waals surface area contributed by atoms with Crippen LogP contribution in [0.2, 0.25) is 5.02 Å². The molecule has 0 spiro atoms. The maximum atomic E-state index is 13.3. The first-order valence-electron chi connectivity index (χ1n) is 5.61. The van der Waals surface area contributed by atoms with E-state index in [9.17, 15) is 14.5 Å². The maximum absolute atomic E-state index is 13.3. The monoisotopic (exact) mass is 296 g/mol. The third-order valence-electron chi connectivity index (χ3n) is 2.52. The molecule has 0 saturated carbocycles. The summed E-state index contributed by atoms with van der Waals surface area (Å²) >= 11 is 5.90. The Balaban J connectivity index is 2.36. The summed E-state index contributed by atoms with van der Waals surface area (Å²) in [6.07, 6.45) is 0. The SMILES string of the molecule is NCc1cc(F)cc(Oc2cc([N+](=O)[O-])ccc2Cl)c1. The molecule has 104 valence electrons. The first-order chi connectivity index (χ1) is 9.49. The summed E-state index contributed by atoms with van der Waals surface area (Å²) in [4.78, 5) is 10.1. The molecule has 5 nitrogen and oxygen atoms in total. The van der Waals surface area contributed by atoms with Crippen molar-refractivity contribution in [2.75, 3.05) is 0 Å². The van der Waals surface area contributed by atoms with Crippen LogP contribution in [0, 0.1) is 15.9 Å². The molecule has 0 aromatic heterocycles. The average Bonchev–Trinajstić information content (AvgIpc) is 2.40. The highest BCUT2D eigenvalue weighted by atomic mass is 35.5. The lowest BCUT2D eigenvalue weighted by Gasteiger charge is -2.09. The van der Waals surface area contributed by atoms with Gasteiger partial charge in [0.05, 0.1) is 16.0 Å². The van der Waals surface area contributed by atoms with Crippen LogP contribution in [-0.4, -0.2) is 4.92 Å². The van der Waals surface area contributed by atoms with E-state index in [1.54, 1.807) is 0 Å². The van der Waals surface area contributed by atoms with Crippen LogP contribution in [0.4, 0.5) is 10.1 Å². The summed E-state index contributed by atoms with van der Waals surface area (Å²) in [7, 11) is 0. The second-order valence-electron chi connectivity index (χ2n) is 3.97. The lowest BCUT2D eigenvalue weighted by molar-refractivity contribution is -0.384. The molecular weight excluding hydrogens is 287 g/mol. The minimum atomic E-state index is -0.569. The van der Waals surface area contributed by atoms with Crippen molar-refractivity contribution >= 4 is 17.3 Å². The van der Waals surface area contributed by atoms with Crippen LogP contribution in [0.3, 0.4) is 0 Å². The number of non-ortho nitro benzene ring substituents is 1. The minimum Gasteiger partial charge on any atom is -0.455 e. The molecule has 2 aromatic carbocycles. The molecule has 0 aliphatic rings. The van der Waals surface area contributed by atoms with Crippen molar-refractivity contribution in [1.82, 2.24) is 0 Å². The molecule has 2 aromatic rings. The topological polar surface area (TPSA) is 78.4 Å². The molecule has 0 amide bonds. The fourth-order valence-electron chi connectivity index (χ4n) is 1.61. The number of nitrogens with zero attached hydrogens (tertiary/aromatic N) is 1. The van der Waals surface area contributed by atoms with Crippen molar-refractivity contribution in [1.29, 1.82) is 0 Å². The second kappa shape index (κ2) is 5.85. The van der Waals surface area contributed by atoms with E-state index in [2.05, 4.69) is 0 Å². The van der Waals surface area contributed by atoms with E-state index in [0.29, 0.717) is 5.56 Å². The molecule has 2 N–H and O–H groups in total. The van der Waals surface area contributed by atoms with E-state index in [4.69, 9.17) is 22.1 Å². The third-order valence-corrected chi connectivity index (χ3v) is 2.83. The molecule has 0 aliphatic heterocycles. The van der Waals surface area contributed by atoms with Gasteiger partial charge in [0, 0.05) is 18.7 Å². The smallest absolute Gasteiger partial charge is 0.273 e. The quantitative estimate of drug-likeness (QED) is 0.690. The highest BCUT2D eigenvalue weighted by Crippen LogP contribution is 2.33. The number of halogens is 2. The Morgan fingerprint density at radius 3 is 2.70 bits per heavy atom. The van der Waals surface area contributed by atoms with Gasteiger partial charge in [0.15, 0.2) is 5.75 Å². The Kier molecular flexibility index (Phi) is 4.16. The number of rotatable bonds is 4. The molecule has 0 unspecified atom stereocenters. The van der Waals surface area contributed by atoms with Crippen molar-refractivity contribution in [3.05, 3.63) is 62.9 Å². The van der Waals surface area contributed by atoms with Crippen molar-refractivity contribution < 1.29 is 14.1 Å². The molecule has 0 bridgehead atoms. The van der Waals surface area contributed by atoms with Gasteiger partial charge in [0.1, 0.15) is 11.6 Å². The highest BCUT2D eigenvalue weighted by Gasteiger charge is 2.12. The highest BCUT2D eigenvalue weighted by molar-refractivity contribution is 6.32. The van der Waals surface area contributed by atoms with E-state index < -0.39 is 10.7 Å². The number of benzene rings is 2. The van der Waals surface area contributed by atoms with Gasteiger partial charge in [-0.25, -0.2) is 4.39 Å². The number of nitrogens with two attached hydrogens (primary N) is 1. The second-order valence-corrected chi connectivity index (χ2v) is 4.38. The summed E-state index contributed by atoms with van der Waals surface area (Å²) in [5.41, 5.74) is 5.81. The van der Waals surface area contributed by atoms with Gasteiger partial charge in [-0.15, -0.1) is 0 Å². The van der Waals surface area contributed by atoms with Crippen molar-refractivity contribution in [2.45, 2.75) is 6.54 Å². The lowest BCUT2D eigenvalue weighted by atomic mass is 10.2. The van der Waals surface area contributed by atoms with Gasteiger partial charge in [-0.2, -0.15) is 0 Å². The minimum absolute atomic E-state index is 0.0782. The van der Waals surface area contributed by atoms with E-state index in [1.165, 1.54) is 30.3 Å². The number of nitro benzene ring substituents is 1. The summed E-state index contributed by atoms with van der Waals surface area (Å²) in [6, 6.07) is 7.74. The van der Waals surface area contributed by atoms with E-state index in [-0.39, 0.29) is 28.8 Å². The maximum Gasteiger partial charge on any atom is 0.273 e. The molecule has 0 saturated heterocycles. The molecular formula is C13H10ClFN2O3. The van der Waals surface area contributed by atoms with Crippen LogP contribution < -0.4 is 10.5 Å². The first kappa shape index (κ1) is 14.2. The van der Waals surface area contributed by atoms with Gasteiger partial charge in [-0.1, -0.05) is 11.6 Å². The van der Waals surface area contributed by atoms with Crippen molar-refractivity contribution in [2.24, 2.45) is 5.73 Å². The van der Waals surface area contributed by atoms with E-state index in [0.717, 1.165) is 6.07 Å². The summed E-state index contributed by atoms with van der Waals surface area (Å²) in [6.45, 7) is 0.150. The average molecular weight is 297 g/mol. The standard InChI is InChI=1S/C13H10ClFN2O3/c14-12-2-1-10(17(18)19)6-13(12)20-11-4-8(7-16)3-9(15)5-11/h1-6H,7,16H2. The van der Waals surface area contributed by atoms with Gasteiger partial charge < -0.3 is 10.5 Å². The van der Waals surface area contributed by atoms with Gasteiger partial charge in [-0.3, -0.25) is 10.1 Å². The number of hydrogen-bond acceptors (Lipinski definition) is 4. The molecule has 0 radical (unpaired) electrons. The predicted octanol–water partition coefficient (Wildman–Crippen LogP) is 3.64. The van der Waals surface area contributed by atoms with Gasteiger partial charge in [0.2, 0.25) is 0 Å². The van der Waals surface area contributed by atoms with Crippen LogP contribution in [0.25, 0.3) is 0 Å².